The van der Waals surface area contributed by atoms with Gasteiger partial charge < -0.3 is 10.4 Å². The fourth-order valence-corrected chi connectivity index (χ4v) is 1.65. The van der Waals surface area contributed by atoms with E-state index in [0.717, 1.165) is 5.56 Å². The zero-order valence-corrected chi connectivity index (χ0v) is 7.46. The van der Waals surface area contributed by atoms with Crippen molar-refractivity contribution in [3.05, 3.63) is 29.6 Å². The number of carboxylic acid groups (broad SMARTS) is 1. The van der Waals surface area contributed by atoms with Gasteiger partial charge in [0.25, 0.3) is 0 Å². The van der Waals surface area contributed by atoms with E-state index < -0.39 is 12.0 Å². The quantitative estimate of drug-likeness (QED) is 0.716. The van der Waals surface area contributed by atoms with Gasteiger partial charge in [-0.05, 0) is 30.5 Å². The van der Waals surface area contributed by atoms with E-state index in [1.807, 2.05) is 0 Å². The van der Waals surface area contributed by atoms with Gasteiger partial charge in [0.1, 0.15) is 11.9 Å². The average molecular weight is 195 g/mol. The summed E-state index contributed by atoms with van der Waals surface area (Å²) in [7, 11) is 0. The number of anilines is 1. The van der Waals surface area contributed by atoms with Gasteiger partial charge in [0, 0.05) is 5.69 Å². The SMILES string of the molecule is O=C(O)C1CCc2ccc(F)cc2N1. The van der Waals surface area contributed by atoms with Crippen LogP contribution in [0, 0.1) is 5.82 Å². The molecular formula is C10H10FNO2. The van der Waals surface area contributed by atoms with Crippen LogP contribution in [0.1, 0.15) is 12.0 Å². The smallest absolute Gasteiger partial charge is 0.326 e. The van der Waals surface area contributed by atoms with Gasteiger partial charge in [-0.2, -0.15) is 0 Å². The Morgan fingerprint density at radius 3 is 3.07 bits per heavy atom. The molecular weight excluding hydrogens is 185 g/mol. The molecule has 14 heavy (non-hydrogen) atoms. The molecule has 0 fully saturated rings. The van der Waals surface area contributed by atoms with Crippen molar-refractivity contribution in [1.29, 1.82) is 0 Å². The topological polar surface area (TPSA) is 49.3 Å². The maximum atomic E-state index is 12.8. The highest BCUT2D eigenvalue weighted by Crippen LogP contribution is 2.25. The van der Waals surface area contributed by atoms with Gasteiger partial charge in [0.2, 0.25) is 0 Å². The second-order valence-corrected chi connectivity index (χ2v) is 3.38. The summed E-state index contributed by atoms with van der Waals surface area (Å²) < 4.78 is 12.8. The van der Waals surface area contributed by atoms with Gasteiger partial charge in [0.05, 0.1) is 0 Å². The lowest BCUT2D eigenvalue weighted by molar-refractivity contribution is -0.138. The number of aryl methyl sites for hydroxylation is 1. The molecule has 0 radical (unpaired) electrons. The first-order valence-corrected chi connectivity index (χ1v) is 4.44. The molecule has 1 unspecified atom stereocenters. The molecule has 0 bridgehead atoms. The predicted molar refractivity (Wildman–Crippen MR) is 49.8 cm³/mol. The summed E-state index contributed by atoms with van der Waals surface area (Å²) >= 11 is 0. The molecule has 2 N–H and O–H groups in total. The summed E-state index contributed by atoms with van der Waals surface area (Å²) in [6.07, 6.45) is 1.23. The molecule has 0 aromatic heterocycles. The fraction of sp³-hybridized carbons (Fsp3) is 0.300. The highest BCUT2D eigenvalue weighted by Gasteiger charge is 2.23. The fourth-order valence-electron chi connectivity index (χ4n) is 1.65. The molecule has 74 valence electrons. The third kappa shape index (κ3) is 1.55. The summed E-state index contributed by atoms with van der Waals surface area (Å²) in [5.74, 6) is -1.23. The zero-order chi connectivity index (χ0) is 10.1. The minimum absolute atomic E-state index is 0.345. The van der Waals surface area contributed by atoms with E-state index in [1.165, 1.54) is 12.1 Å². The van der Waals surface area contributed by atoms with Crippen LogP contribution in [0.4, 0.5) is 10.1 Å². The Bertz CT molecular complexity index is 378. The van der Waals surface area contributed by atoms with Crippen molar-refractivity contribution in [3.63, 3.8) is 0 Å². The second kappa shape index (κ2) is 3.29. The lowest BCUT2D eigenvalue weighted by Gasteiger charge is -2.23. The van der Waals surface area contributed by atoms with Crippen molar-refractivity contribution in [2.75, 3.05) is 5.32 Å². The first-order chi connectivity index (χ1) is 6.66. The van der Waals surface area contributed by atoms with Crippen LogP contribution in [0.2, 0.25) is 0 Å². The van der Waals surface area contributed by atoms with E-state index in [1.54, 1.807) is 6.07 Å². The molecule has 1 aliphatic rings. The van der Waals surface area contributed by atoms with Crippen molar-refractivity contribution in [3.8, 4) is 0 Å². The Balaban J connectivity index is 2.29. The highest BCUT2D eigenvalue weighted by atomic mass is 19.1. The zero-order valence-electron chi connectivity index (χ0n) is 7.46. The molecule has 1 aromatic carbocycles. The van der Waals surface area contributed by atoms with Gasteiger partial charge in [-0.15, -0.1) is 0 Å². The van der Waals surface area contributed by atoms with Crippen LogP contribution in [0.5, 0.6) is 0 Å². The van der Waals surface area contributed by atoms with Crippen LogP contribution >= 0.6 is 0 Å². The first-order valence-electron chi connectivity index (χ1n) is 4.44. The lowest BCUT2D eigenvalue weighted by atomic mass is 9.98. The van der Waals surface area contributed by atoms with Crippen LogP contribution in [-0.2, 0) is 11.2 Å². The molecule has 0 amide bonds. The normalized spacial score (nSPS) is 19.6. The van der Waals surface area contributed by atoms with E-state index in [9.17, 15) is 9.18 Å². The summed E-state index contributed by atoms with van der Waals surface area (Å²) in [5.41, 5.74) is 1.58. The number of aliphatic carboxylic acids is 1. The Hall–Kier alpha value is -1.58. The van der Waals surface area contributed by atoms with E-state index in [-0.39, 0.29) is 5.82 Å². The number of rotatable bonds is 1. The molecule has 1 heterocycles. The van der Waals surface area contributed by atoms with Crippen LogP contribution < -0.4 is 5.32 Å². The summed E-state index contributed by atoms with van der Waals surface area (Å²) in [4.78, 5) is 10.7. The van der Waals surface area contributed by atoms with Crippen molar-refractivity contribution in [2.24, 2.45) is 0 Å². The standard InChI is InChI=1S/C10H10FNO2/c11-7-3-1-6-2-4-8(10(13)14)12-9(6)5-7/h1,3,5,8,12H,2,4H2,(H,13,14). The van der Waals surface area contributed by atoms with Crippen LogP contribution in [0.25, 0.3) is 0 Å². The molecule has 1 aromatic rings. The number of fused-ring (bicyclic) bond motifs is 1. The van der Waals surface area contributed by atoms with E-state index in [4.69, 9.17) is 5.11 Å². The summed E-state index contributed by atoms with van der Waals surface area (Å²) in [5, 5.41) is 11.6. The number of nitrogens with one attached hydrogen (secondary N) is 1. The van der Waals surface area contributed by atoms with E-state index in [2.05, 4.69) is 5.32 Å². The molecule has 2 rings (SSSR count). The molecule has 0 saturated carbocycles. The third-order valence-electron chi connectivity index (χ3n) is 2.40. The largest absolute Gasteiger partial charge is 0.480 e. The summed E-state index contributed by atoms with van der Waals surface area (Å²) in [6, 6.07) is 3.83. The number of halogens is 1. The number of carbonyl (C=O) groups is 1. The molecule has 3 nitrogen and oxygen atoms in total. The molecule has 0 saturated heterocycles. The maximum Gasteiger partial charge on any atom is 0.326 e. The average Bonchev–Trinajstić information content (AvgIpc) is 2.16. The minimum Gasteiger partial charge on any atom is -0.480 e. The molecule has 1 atom stereocenters. The Morgan fingerprint density at radius 1 is 1.57 bits per heavy atom. The van der Waals surface area contributed by atoms with E-state index in [0.29, 0.717) is 18.5 Å². The van der Waals surface area contributed by atoms with Crippen molar-refractivity contribution in [1.82, 2.24) is 0 Å². The Kier molecular flexibility index (Phi) is 2.11. The van der Waals surface area contributed by atoms with Gasteiger partial charge in [-0.25, -0.2) is 9.18 Å². The van der Waals surface area contributed by atoms with Crippen molar-refractivity contribution in [2.45, 2.75) is 18.9 Å². The van der Waals surface area contributed by atoms with Crippen LogP contribution in [0.3, 0.4) is 0 Å². The van der Waals surface area contributed by atoms with Gasteiger partial charge >= 0.3 is 5.97 Å². The van der Waals surface area contributed by atoms with Crippen molar-refractivity contribution < 1.29 is 14.3 Å². The van der Waals surface area contributed by atoms with E-state index >= 15 is 0 Å². The number of hydrogen-bond donors (Lipinski definition) is 2. The number of hydrogen-bond acceptors (Lipinski definition) is 2. The Morgan fingerprint density at radius 2 is 2.36 bits per heavy atom. The highest BCUT2D eigenvalue weighted by molar-refractivity contribution is 5.78. The second-order valence-electron chi connectivity index (χ2n) is 3.38. The monoisotopic (exact) mass is 195 g/mol. The number of carboxylic acids is 1. The third-order valence-corrected chi connectivity index (χ3v) is 2.40. The molecule has 0 spiro atoms. The molecule has 1 aliphatic heterocycles. The predicted octanol–water partition coefficient (Wildman–Crippen LogP) is 1.64. The van der Waals surface area contributed by atoms with Gasteiger partial charge in [-0.3, -0.25) is 0 Å². The lowest BCUT2D eigenvalue weighted by Crippen LogP contribution is -2.33. The minimum atomic E-state index is -0.889. The van der Waals surface area contributed by atoms with Crippen LogP contribution in [-0.4, -0.2) is 17.1 Å². The maximum absolute atomic E-state index is 12.8. The summed E-state index contributed by atoms with van der Waals surface area (Å²) in [6.45, 7) is 0. The number of benzene rings is 1. The van der Waals surface area contributed by atoms with Gasteiger partial charge in [0.15, 0.2) is 0 Å². The van der Waals surface area contributed by atoms with Crippen molar-refractivity contribution >= 4 is 11.7 Å². The molecule has 4 heteroatoms. The van der Waals surface area contributed by atoms with Crippen LogP contribution in [0.15, 0.2) is 18.2 Å². The first kappa shape index (κ1) is 8.99. The Labute approximate surface area is 80.6 Å². The van der Waals surface area contributed by atoms with Gasteiger partial charge in [-0.1, -0.05) is 6.07 Å². The molecule has 0 aliphatic carbocycles.